The Morgan fingerprint density at radius 1 is 1.35 bits per heavy atom. The monoisotopic (exact) mass is 350 g/mol. The third kappa shape index (κ3) is 3.23. The zero-order valence-corrected chi connectivity index (χ0v) is 15.1. The molecule has 7 nitrogen and oxygen atoms in total. The number of hydrogen-bond acceptors (Lipinski definition) is 6. The molecule has 3 heterocycles. The van der Waals surface area contributed by atoms with Gasteiger partial charge in [0.05, 0.1) is 5.69 Å². The first-order chi connectivity index (χ1) is 12.6. The zero-order chi connectivity index (χ0) is 18.7. The number of nitriles is 1. The predicted molar refractivity (Wildman–Crippen MR) is 97.8 cm³/mol. The molecule has 3 rings (SSSR count). The van der Waals surface area contributed by atoms with Crippen molar-refractivity contribution in [2.45, 2.75) is 46.1 Å². The van der Waals surface area contributed by atoms with Gasteiger partial charge in [-0.1, -0.05) is 13.8 Å². The van der Waals surface area contributed by atoms with Crippen LogP contribution < -0.4 is 5.73 Å². The second kappa shape index (κ2) is 7.48. The predicted octanol–water partition coefficient (Wildman–Crippen LogP) is 2.24. The molecule has 0 aliphatic carbocycles. The molecule has 0 bridgehead atoms. The fourth-order valence-corrected chi connectivity index (χ4v) is 3.26. The fraction of sp³-hybridized carbons (Fsp3) is 0.421. The summed E-state index contributed by atoms with van der Waals surface area (Å²) in [5.74, 6) is 1.08. The van der Waals surface area contributed by atoms with E-state index in [9.17, 15) is 10.1 Å². The maximum absolute atomic E-state index is 12.4. The largest absolute Gasteiger partial charge is 0.383 e. The van der Waals surface area contributed by atoms with Crippen molar-refractivity contribution in [3.05, 3.63) is 35.0 Å². The Balaban J connectivity index is 2.12. The number of rotatable bonds is 4. The quantitative estimate of drug-likeness (QED) is 0.906. The molecule has 0 unspecified atom stereocenters. The summed E-state index contributed by atoms with van der Waals surface area (Å²) in [4.78, 5) is 27.3. The van der Waals surface area contributed by atoms with Crippen molar-refractivity contribution in [1.29, 1.82) is 5.26 Å². The Kier molecular flexibility index (Phi) is 5.12. The maximum Gasteiger partial charge on any atom is 0.222 e. The SMILES string of the molecule is CCCC(=O)N1CCc2nc(N)c(C#N)c(-c3cnc(CC)nc3)c2C1. The average molecular weight is 350 g/mol. The summed E-state index contributed by atoms with van der Waals surface area (Å²) < 4.78 is 0. The number of nitrogens with two attached hydrogens (primary N) is 1. The molecule has 0 radical (unpaired) electrons. The summed E-state index contributed by atoms with van der Waals surface area (Å²) in [6, 6.07) is 2.16. The third-order valence-electron chi connectivity index (χ3n) is 4.62. The second-order valence-electron chi connectivity index (χ2n) is 6.34. The van der Waals surface area contributed by atoms with Crippen LogP contribution in [0.15, 0.2) is 12.4 Å². The van der Waals surface area contributed by atoms with E-state index in [4.69, 9.17) is 5.73 Å². The number of hydrogen-bond donors (Lipinski definition) is 1. The van der Waals surface area contributed by atoms with Crippen LogP contribution in [0.25, 0.3) is 11.1 Å². The lowest BCUT2D eigenvalue weighted by Gasteiger charge is -2.30. The van der Waals surface area contributed by atoms with Gasteiger partial charge in [0, 0.05) is 61.4 Å². The first kappa shape index (κ1) is 17.8. The lowest BCUT2D eigenvalue weighted by atomic mass is 9.92. The maximum atomic E-state index is 12.4. The first-order valence-electron chi connectivity index (χ1n) is 8.89. The summed E-state index contributed by atoms with van der Waals surface area (Å²) in [5.41, 5.74) is 9.51. The van der Waals surface area contributed by atoms with Gasteiger partial charge in [-0.05, 0) is 6.42 Å². The van der Waals surface area contributed by atoms with E-state index in [0.717, 1.165) is 35.5 Å². The topological polar surface area (TPSA) is 109 Å². The number of carbonyl (C=O) groups is 1. The Bertz CT molecular complexity index is 869. The number of aromatic nitrogens is 3. The molecule has 0 spiro atoms. The molecule has 7 heteroatoms. The molecule has 134 valence electrons. The lowest BCUT2D eigenvalue weighted by molar-refractivity contribution is -0.132. The number of nitrogen functional groups attached to an aromatic ring is 1. The standard InChI is InChI=1S/C19H22N6O/c1-3-5-17(26)25-7-6-15-14(11-25)18(13(8-20)19(21)24-15)12-9-22-16(4-2)23-10-12/h9-10H,3-7,11H2,1-2H3,(H2,21,24). The molecule has 0 aromatic carbocycles. The van der Waals surface area contributed by atoms with Crippen molar-refractivity contribution in [2.24, 2.45) is 0 Å². The Hall–Kier alpha value is -3.01. The van der Waals surface area contributed by atoms with Gasteiger partial charge < -0.3 is 10.6 Å². The van der Waals surface area contributed by atoms with Crippen LogP contribution in [0, 0.1) is 11.3 Å². The molecule has 1 amide bonds. The van der Waals surface area contributed by atoms with Crippen LogP contribution in [0.4, 0.5) is 5.82 Å². The number of amides is 1. The molecule has 2 aromatic heterocycles. The van der Waals surface area contributed by atoms with Crippen molar-refractivity contribution in [3.8, 4) is 17.2 Å². The molecule has 0 saturated carbocycles. The second-order valence-corrected chi connectivity index (χ2v) is 6.34. The van der Waals surface area contributed by atoms with E-state index >= 15 is 0 Å². The van der Waals surface area contributed by atoms with E-state index < -0.39 is 0 Å². The van der Waals surface area contributed by atoms with Gasteiger partial charge in [-0.2, -0.15) is 5.26 Å². The summed E-state index contributed by atoms with van der Waals surface area (Å²) in [6.45, 7) is 5.03. The van der Waals surface area contributed by atoms with Crippen LogP contribution in [-0.2, 0) is 24.2 Å². The number of pyridine rings is 1. The molecule has 1 aliphatic heterocycles. The van der Waals surface area contributed by atoms with Gasteiger partial charge in [0.1, 0.15) is 23.3 Å². The van der Waals surface area contributed by atoms with Gasteiger partial charge in [0.25, 0.3) is 0 Å². The lowest BCUT2D eigenvalue weighted by Crippen LogP contribution is -2.36. The first-order valence-corrected chi connectivity index (χ1v) is 8.89. The highest BCUT2D eigenvalue weighted by Gasteiger charge is 2.27. The van der Waals surface area contributed by atoms with Crippen LogP contribution >= 0.6 is 0 Å². The highest BCUT2D eigenvalue weighted by molar-refractivity contribution is 5.81. The minimum atomic E-state index is 0.122. The van der Waals surface area contributed by atoms with Gasteiger partial charge in [-0.25, -0.2) is 15.0 Å². The summed E-state index contributed by atoms with van der Waals surface area (Å²) >= 11 is 0. The number of anilines is 1. The average Bonchev–Trinajstić information content (AvgIpc) is 2.67. The van der Waals surface area contributed by atoms with Crippen molar-refractivity contribution in [1.82, 2.24) is 19.9 Å². The van der Waals surface area contributed by atoms with E-state index in [1.54, 1.807) is 12.4 Å². The summed E-state index contributed by atoms with van der Waals surface area (Å²) in [6.07, 6.45) is 6.13. The fourth-order valence-electron chi connectivity index (χ4n) is 3.26. The van der Waals surface area contributed by atoms with Crippen LogP contribution in [0.1, 0.15) is 49.3 Å². The molecule has 0 saturated heterocycles. The van der Waals surface area contributed by atoms with Gasteiger partial charge in [0.15, 0.2) is 0 Å². The van der Waals surface area contributed by atoms with Crippen molar-refractivity contribution in [3.63, 3.8) is 0 Å². The molecule has 2 N–H and O–H groups in total. The number of nitrogens with zero attached hydrogens (tertiary/aromatic N) is 5. The van der Waals surface area contributed by atoms with Crippen LogP contribution in [0.5, 0.6) is 0 Å². The van der Waals surface area contributed by atoms with Crippen LogP contribution in [0.2, 0.25) is 0 Å². The number of aryl methyl sites for hydroxylation is 1. The Labute approximate surface area is 152 Å². The molecular weight excluding hydrogens is 328 g/mol. The van der Waals surface area contributed by atoms with Gasteiger partial charge in [-0.15, -0.1) is 0 Å². The van der Waals surface area contributed by atoms with E-state index in [1.165, 1.54) is 0 Å². The highest BCUT2D eigenvalue weighted by Crippen LogP contribution is 2.34. The van der Waals surface area contributed by atoms with Crippen molar-refractivity contribution in [2.75, 3.05) is 12.3 Å². The molecular formula is C19H22N6O. The molecule has 0 fully saturated rings. The zero-order valence-electron chi connectivity index (χ0n) is 15.1. The minimum absolute atomic E-state index is 0.122. The molecule has 1 aliphatic rings. The summed E-state index contributed by atoms with van der Waals surface area (Å²) in [7, 11) is 0. The van der Waals surface area contributed by atoms with E-state index in [2.05, 4.69) is 21.0 Å². The molecule has 2 aromatic rings. The molecule has 0 atom stereocenters. The summed E-state index contributed by atoms with van der Waals surface area (Å²) in [5, 5.41) is 9.63. The van der Waals surface area contributed by atoms with Crippen LogP contribution in [-0.4, -0.2) is 32.3 Å². The van der Waals surface area contributed by atoms with Gasteiger partial charge >= 0.3 is 0 Å². The van der Waals surface area contributed by atoms with E-state index in [-0.39, 0.29) is 11.7 Å². The third-order valence-corrected chi connectivity index (χ3v) is 4.62. The Morgan fingerprint density at radius 2 is 2.08 bits per heavy atom. The van der Waals surface area contributed by atoms with Crippen molar-refractivity contribution >= 4 is 11.7 Å². The Morgan fingerprint density at radius 3 is 2.69 bits per heavy atom. The normalized spacial score (nSPS) is 13.2. The van der Waals surface area contributed by atoms with E-state index in [0.29, 0.717) is 37.1 Å². The highest BCUT2D eigenvalue weighted by atomic mass is 16.2. The van der Waals surface area contributed by atoms with E-state index in [1.807, 2.05) is 18.7 Å². The minimum Gasteiger partial charge on any atom is -0.383 e. The smallest absolute Gasteiger partial charge is 0.222 e. The van der Waals surface area contributed by atoms with Gasteiger partial charge in [-0.3, -0.25) is 4.79 Å². The van der Waals surface area contributed by atoms with Crippen LogP contribution in [0.3, 0.4) is 0 Å². The number of fused-ring (bicyclic) bond motifs is 1. The molecule has 26 heavy (non-hydrogen) atoms. The number of carbonyl (C=O) groups excluding carboxylic acids is 1. The van der Waals surface area contributed by atoms with Crippen molar-refractivity contribution < 1.29 is 4.79 Å². The van der Waals surface area contributed by atoms with Gasteiger partial charge in [0.2, 0.25) is 5.91 Å².